The molecule has 1 aliphatic heterocycles. The molecule has 1 aromatic heterocycles. The van der Waals surface area contributed by atoms with E-state index in [0.717, 1.165) is 4.31 Å². The fourth-order valence-electron chi connectivity index (χ4n) is 1.73. The second-order valence-corrected chi connectivity index (χ2v) is 6.93. The van der Waals surface area contributed by atoms with E-state index < -0.39 is 20.7 Å². The Labute approximate surface area is 105 Å². The van der Waals surface area contributed by atoms with Crippen LogP contribution in [0.4, 0.5) is 5.82 Å². The molecule has 0 aromatic carbocycles. The molecule has 0 atom stereocenters. The lowest BCUT2D eigenvalue weighted by molar-refractivity contribution is -0.132. The quantitative estimate of drug-likeness (QED) is 0.583. The molecule has 18 heavy (non-hydrogen) atoms. The van der Waals surface area contributed by atoms with Crippen molar-refractivity contribution < 1.29 is 13.2 Å². The summed E-state index contributed by atoms with van der Waals surface area (Å²) in [7, 11) is -3.56. The van der Waals surface area contributed by atoms with Crippen molar-refractivity contribution in [2.75, 3.05) is 5.43 Å². The van der Waals surface area contributed by atoms with Gasteiger partial charge in [0, 0.05) is 6.20 Å². The predicted molar refractivity (Wildman–Crippen MR) is 65.6 cm³/mol. The number of carbonyl (C=O) groups excluding carboxylic acids is 1. The Kier molecular flexibility index (Phi) is 2.78. The van der Waals surface area contributed by atoms with Gasteiger partial charge in [-0.1, -0.05) is 0 Å². The summed E-state index contributed by atoms with van der Waals surface area (Å²) < 4.78 is 23.3. The summed E-state index contributed by atoms with van der Waals surface area (Å²) in [5, 5.41) is 0. The lowest BCUT2D eigenvalue weighted by atomic mass is 10.1. The van der Waals surface area contributed by atoms with Crippen LogP contribution in [0.5, 0.6) is 0 Å². The highest BCUT2D eigenvalue weighted by atomic mass is 32.2. The molecule has 1 fully saturated rings. The molecule has 0 radical (unpaired) electrons. The van der Waals surface area contributed by atoms with E-state index in [2.05, 4.69) is 10.4 Å². The van der Waals surface area contributed by atoms with E-state index in [9.17, 15) is 13.2 Å². The van der Waals surface area contributed by atoms with E-state index in [4.69, 9.17) is 5.84 Å². The maximum Gasteiger partial charge on any atom is 0.259 e. The normalized spacial score (nSPS) is 20.4. The minimum absolute atomic E-state index is 0.00178. The van der Waals surface area contributed by atoms with E-state index in [1.165, 1.54) is 20.0 Å². The Bertz CT molecular complexity index is 597. The molecular formula is C10H14N4O3S. The summed E-state index contributed by atoms with van der Waals surface area (Å²) in [6, 6.07) is 3.23. The van der Waals surface area contributed by atoms with Gasteiger partial charge in [0.1, 0.15) is 5.82 Å². The van der Waals surface area contributed by atoms with Crippen LogP contribution in [0.1, 0.15) is 19.4 Å². The average Bonchev–Trinajstić information content (AvgIpc) is 2.35. The largest absolute Gasteiger partial charge is 0.308 e. The van der Waals surface area contributed by atoms with Gasteiger partial charge in [-0.25, -0.2) is 23.5 Å². The minimum atomic E-state index is -3.56. The lowest BCUT2D eigenvalue weighted by Crippen LogP contribution is -2.66. The Morgan fingerprint density at radius 1 is 1.50 bits per heavy atom. The van der Waals surface area contributed by atoms with Crippen LogP contribution in [0.15, 0.2) is 18.3 Å². The van der Waals surface area contributed by atoms with Gasteiger partial charge in [-0.05, 0) is 31.5 Å². The van der Waals surface area contributed by atoms with Crippen LogP contribution < -0.4 is 11.3 Å². The summed E-state index contributed by atoms with van der Waals surface area (Å²) in [6.07, 6.45) is 1.49. The molecule has 2 heterocycles. The molecule has 0 saturated carbocycles. The number of anilines is 1. The summed E-state index contributed by atoms with van der Waals surface area (Å²) in [5.74, 6) is 5.22. The van der Waals surface area contributed by atoms with E-state index in [1.807, 2.05) is 0 Å². The molecule has 0 aliphatic carbocycles. The van der Waals surface area contributed by atoms with Crippen molar-refractivity contribution in [2.24, 2.45) is 5.84 Å². The van der Waals surface area contributed by atoms with Crippen LogP contribution in [-0.2, 0) is 21.4 Å². The highest BCUT2D eigenvalue weighted by Crippen LogP contribution is 2.36. The van der Waals surface area contributed by atoms with Crippen molar-refractivity contribution in [2.45, 2.75) is 25.1 Å². The zero-order valence-electron chi connectivity index (χ0n) is 10.0. The molecule has 1 aliphatic rings. The third kappa shape index (κ3) is 1.65. The second-order valence-electron chi connectivity index (χ2n) is 4.52. The van der Waals surface area contributed by atoms with Crippen molar-refractivity contribution in [3.63, 3.8) is 0 Å². The number of sulfonamides is 1. The van der Waals surface area contributed by atoms with Crippen molar-refractivity contribution in [3.05, 3.63) is 23.9 Å². The molecule has 98 valence electrons. The number of hydrazine groups is 1. The van der Waals surface area contributed by atoms with Crippen molar-refractivity contribution in [1.29, 1.82) is 0 Å². The number of nitrogens with one attached hydrogen (secondary N) is 1. The number of nitrogen functional groups attached to an aromatic ring is 1. The molecule has 1 aromatic rings. The van der Waals surface area contributed by atoms with Gasteiger partial charge < -0.3 is 5.43 Å². The molecule has 0 spiro atoms. The molecule has 3 N–H and O–H groups in total. The first-order valence-corrected chi connectivity index (χ1v) is 6.73. The van der Waals surface area contributed by atoms with Crippen molar-refractivity contribution >= 4 is 21.7 Å². The van der Waals surface area contributed by atoms with Crippen LogP contribution in [0.25, 0.3) is 0 Å². The van der Waals surface area contributed by atoms with Crippen molar-refractivity contribution in [3.8, 4) is 0 Å². The minimum Gasteiger partial charge on any atom is -0.308 e. The van der Waals surface area contributed by atoms with E-state index in [-0.39, 0.29) is 6.54 Å². The number of nitrogens with two attached hydrogens (primary N) is 1. The monoisotopic (exact) mass is 270 g/mol. The number of aromatic nitrogens is 1. The first kappa shape index (κ1) is 12.8. The van der Waals surface area contributed by atoms with E-state index in [1.54, 1.807) is 12.1 Å². The fourth-order valence-corrected chi connectivity index (χ4v) is 3.25. The SMILES string of the molecule is CC1(C)C(=O)N(Cc2ccnc(NN)c2)S1(=O)=O. The number of hydrogen-bond acceptors (Lipinski definition) is 6. The van der Waals surface area contributed by atoms with E-state index >= 15 is 0 Å². The highest BCUT2D eigenvalue weighted by molar-refractivity contribution is 7.94. The van der Waals surface area contributed by atoms with Gasteiger partial charge in [-0.2, -0.15) is 0 Å². The highest BCUT2D eigenvalue weighted by Gasteiger charge is 2.59. The molecule has 2 rings (SSSR count). The van der Waals surface area contributed by atoms with Gasteiger partial charge in [-0.3, -0.25) is 4.79 Å². The Morgan fingerprint density at radius 2 is 2.17 bits per heavy atom. The van der Waals surface area contributed by atoms with Crippen LogP contribution in [0, 0.1) is 0 Å². The Balaban J connectivity index is 2.24. The lowest BCUT2D eigenvalue weighted by Gasteiger charge is -2.43. The molecule has 7 nitrogen and oxygen atoms in total. The summed E-state index contributed by atoms with van der Waals surface area (Å²) >= 11 is 0. The van der Waals surface area contributed by atoms with Gasteiger partial charge in [-0.15, -0.1) is 0 Å². The number of pyridine rings is 1. The zero-order chi connectivity index (χ0) is 13.6. The molecule has 1 saturated heterocycles. The first-order valence-electron chi connectivity index (χ1n) is 5.29. The predicted octanol–water partition coefficient (Wildman–Crippen LogP) is -0.182. The standard InChI is InChI=1S/C10H14N4O3S/c1-10(2)9(15)14(18(10,16)17)6-7-3-4-12-8(5-7)13-11/h3-5H,6,11H2,1-2H3,(H,12,13). The summed E-state index contributed by atoms with van der Waals surface area (Å²) in [4.78, 5) is 15.7. The zero-order valence-corrected chi connectivity index (χ0v) is 10.9. The maximum atomic E-state index is 11.9. The summed E-state index contributed by atoms with van der Waals surface area (Å²) in [5.41, 5.74) is 3.00. The first-order chi connectivity index (χ1) is 8.30. The fraction of sp³-hybridized carbons (Fsp3) is 0.400. The van der Waals surface area contributed by atoms with Gasteiger partial charge >= 0.3 is 0 Å². The number of hydrogen-bond donors (Lipinski definition) is 2. The van der Waals surface area contributed by atoms with Crippen LogP contribution >= 0.6 is 0 Å². The smallest absolute Gasteiger partial charge is 0.259 e. The van der Waals surface area contributed by atoms with Crippen LogP contribution in [0.3, 0.4) is 0 Å². The Hall–Kier alpha value is -1.67. The summed E-state index contributed by atoms with van der Waals surface area (Å²) in [6.45, 7) is 2.81. The molecule has 1 amide bonds. The van der Waals surface area contributed by atoms with Crippen LogP contribution in [0.2, 0.25) is 0 Å². The van der Waals surface area contributed by atoms with Gasteiger partial charge in [0.05, 0.1) is 6.54 Å². The molecule has 0 unspecified atom stereocenters. The van der Waals surface area contributed by atoms with Gasteiger partial charge in [0.25, 0.3) is 15.9 Å². The molecule has 8 heteroatoms. The van der Waals surface area contributed by atoms with E-state index in [0.29, 0.717) is 11.4 Å². The third-order valence-electron chi connectivity index (χ3n) is 2.97. The van der Waals surface area contributed by atoms with Gasteiger partial charge in [0.15, 0.2) is 4.75 Å². The molecular weight excluding hydrogens is 256 g/mol. The maximum absolute atomic E-state index is 11.9. The second kappa shape index (κ2) is 3.92. The molecule has 0 bridgehead atoms. The van der Waals surface area contributed by atoms with Crippen molar-refractivity contribution in [1.82, 2.24) is 9.29 Å². The van der Waals surface area contributed by atoms with Crippen LogP contribution in [-0.4, -0.2) is 28.4 Å². The number of carbonyl (C=O) groups is 1. The number of amides is 1. The average molecular weight is 270 g/mol. The van der Waals surface area contributed by atoms with Gasteiger partial charge in [0.2, 0.25) is 0 Å². The number of nitrogens with zero attached hydrogens (tertiary/aromatic N) is 2. The third-order valence-corrected chi connectivity index (χ3v) is 5.31. The number of rotatable bonds is 3. The Morgan fingerprint density at radius 3 is 2.72 bits per heavy atom. The topological polar surface area (TPSA) is 105 Å².